The lowest BCUT2D eigenvalue weighted by atomic mass is 10.2. The highest BCUT2D eigenvalue weighted by molar-refractivity contribution is 5.65. The van der Waals surface area contributed by atoms with Crippen LogP contribution in [0.2, 0.25) is 0 Å². The van der Waals surface area contributed by atoms with Crippen LogP contribution in [0.1, 0.15) is 0 Å². The Morgan fingerprint density at radius 2 is 2.06 bits per heavy atom. The summed E-state index contributed by atoms with van der Waals surface area (Å²) >= 11 is 0. The maximum atomic E-state index is 4.34. The molecule has 0 bridgehead atoms. The summed E-state index contributed by atoms with van der Waals surface area (Å²) in [6, 6.07) is 7.53. The highest BCUT2D eigenvalue weighted by atomic mass is 15.5. The fourth-order valence-electron chi connectivity index (χ4n) is 1.80. The summed E-state index contributed by atoms with van der Waals surface area (Å²) < 4.78 is 3.09. The van der Waals surface area contributed by atoms with E-state index < -0.39 is 0 Å². The second-order valence-electron chi connectivity index (χ2n) is 3.76. The van der Waals surface area contributed by atoms with Crippen LogP contribution in [0.25, 0.3) is 22.4 Å². The van der Waals surface area contributed by atoms with Gasteiger partial charge in [-0.1, -0.05) is 0 Å². The smallest absolute Gasteiger partial charge is 0.179 e. The normalized spacial score (nSPS) is 11.3. The maximum absolute atomic E-state index is 4.34. The van der Waals surface area contributed by atoms with Crippen LogP contribution in [0.3, 0.4) is 0 Å². The standard InChI is InChI=1S/C10H6N8/c1-2-10-12-14-16-17(10)6-7(1)9-5-8-3-4-11-15-18(8)13-9/h1-6H. The third-order valence-corrected chi connectivity index (χ3v) is 2.65. The Balaban J connectivity index is 1.94. The van der Waals surface area contributed by atoms with Crippen LogP contribution in [0.15, 0.2) is 36.7 Å². The lowest BCUT2D eigenvalue weighted by molar-refractivity contribution is 0.720. The van der Waals surface area contributed by atoms with Crippen molar-refractivity contribution in [2.45, 2.75) is 0 Å². The Morgan fingerprint density at radius 3 is 3.00 bits per heavy atom. The van der Waals surface area contributed by atoms with Crippen molar-refractivity contribution in [1.29, 1.82) is 0 Å². The van der Waals surface area contributed by atoms with Crippen LogP contribution in [0.5, 0.6) is 0 Å². The van der Waals surface area contributed by atoms with Gasteiger partial charge in [-0.2, -0.15) is 0 Å². The molecule has 18 heavy (non-hydrogen) atoms. The van der Waals surface area contributed by atoms with Gasteiger partial charge in [0.25, 0.3) is 0 Å². The quantitative estimate of drug-likeness (QED) is 0.471. The molecule has 0 unspecified atom stereocenters. The van der Waals surface area contributed by atoms with E-state index in [1.54, 1.807) is 10.7 Å². The Labute approximate surface area is 99.9 Å². The monoisotopic (exact) mass is 238 g/mol. The van der Waals surface area contributed by atoms with Gasteiger partial charge in [-0.15, -0.1) is 19.9 Å². The zero-order valence-corrected chi connectivity index (χ0v) is 9.04. The van der Waals surface area contributed by atoms with Crippen LogP contribution in [0, 0.1) is 0 Å². The van der Waals surface area contributed by atoms with Gasteiger partial charge >= 0.3 is 0 Å². The van der Waals surface area contributed by atoms with Crippen molar-refractivity contribution >= 4 is 11.2 Å². The largest absolute Gasteiger partial charge is 0.200 e. The lowest BCUT2D eigenvalue weighted by Crippen LogP contribution is -1.95. The lowest BCUT2D eigenvalue weighted by Gasteiger charge is -1.95. The van der Waals surface area contributed by atoms with E-state index in [9.17, 15) is 0 Å². The molecule has 8 heteroatoms. The van der Waals surface area contributed by atoms with Gasteiger partial charge in [0.2, 0.25) is 0 Å². The number of fused-ring (bicyclic) bond motifs is 2. The first kappa shape index (κ1) is 9.16. The molecular formula is C10H6N8. The minimum Gasteiger partial charge on any atom is -0.200 e. The Bertz CT molecular complexity index is 812. The van der Waals surface area contributed by atoms with E-state index in [1.807, 2.05) is 30.5 Å². The molecular weight excluding hydrogens is 232 g/mol. The van der Waals surface area contributed by atoms with Gasteiger partial charge in [-0.05, 0) is 39.9 Å². The summed E-state index contributed by atoms with van der Waals surface area (Å²) in [5, 5.41) is 23.3. The SMILES string of the molecule is c1cc2cc(-c3ccc4nnnn4c3)nn2nn1. The van der Waals surface area contributed by atoms with Gasteiger partial charge in [0.15, 0.2) is 5.65 Å². The summed E-state index contributed by atoms with van der Waals surface area (Å²) in [6.07, 6.45) is 3.45. The summed E-state index contributed by atoms with van der Waals surface area (Å²) in [6.45, 7) is 0. The van der Waals surface area contributed by atoms with Crippen molar-refractivity contribution in [3.63, 3.8) is 0 Å². The van der Waals surface area contributed by atoms with Crippen molar-refractivity contribution in [2.24, 2.45) is 0 Å². The molecule has 0 aliphatic carbocycles. The molecule has 0 aliphatic heterocycles. The summed E-state index contributed by atoms with van der Waals surface area (Å²) in [5.74, 6) is 0. The van der Waals surface area contributed by atoms with Gasteiger partial charge in [0.05, 0.1) is 17.4 Å². The molecule has 0 saturated heterocycles. The Hall–Kier alpha value is -2.90. The van der Waals surface area contributed by atoms with E-state index in [-0.39, 0.29) is 0 Å². The van der Waals surface area contributed by atoms with Crippen molar-refractivity contribution in [3.05, 3.63) is 36.7 Å². The van der Waals surface area contributed by atoms with E-state index in [2.05, 4.69) is 30.9 Å². The van der Waals surface area contributed by atoms with Gasteiger partial charge in [-0.3, -0.25) is 0 Å². The van der Waals surface area contributed by atoms with Gasteiger partial charge < -0.3 is 0 Å². The first-order valence-corrected chi connectivity index (χ1v) is 5.26. The van der Waals surface area contributed by atoms with Crippen molar-refractivity contribution in [3.8, 4) is 11.3 Å². The van der Waals surface area contributed by atoms with Crippen LogP contribution >= 0.6 is 0 Å². The molecule has 0 amide bonds. The van der Waals surface area contributed by atoms with E-state index in [1.165, 1.54) is 4.63 Å². The van der Waals surface area contributed by atoms with E-state index in [4.69, 9.17) is 0 Å². The fourth-order valence-corrected chi connectivity index (χ4v) is 1.80. The predicted molar refractivity (Wildman–Crippen MR) is 60.6 cm³/mol. The second-order valence-corrected chi connectivity index (χ2v) is 3.76. The molecule has 0 N–H and O–H groups in total. The molecule has 86 valence electrons. The molecule has 4 aromatic heterocycles. The highest BCUT2D eigenvalue weighted by Gasteiger charge is 2.06. The zero-order valence-electron chi connectivity index (χ0n) is 9.04. The summed E-state index contributed by atoms with van der Waals surface area (Å²) in [5.41, 5.74) is 3.30. The van der Waals surface area contributed by atoms with Crippen LogP contribution in [-0.2, 0) is 0 Å². The molecule has 0 fully saturated rings. The van der Waals surface area contributed by atoms with Crippen molar-refractivity contribution in [1.82, 2.24) is 40.1 Å². The molecule has 8 nitrogen and oxygen atoms in total. The Morgan fingerprint density at radius 1 is 1.06 bits per heavy atom. The number of pyridine rings is 1. The minimum absolute atomic E-state index is 0.697. The molecule has 0 aromatic carbocycles. The van der Waals surface area contributed by atoms with Crippen LogP contribution < -0.4 is 0 Å². The second kappa shape index (κ2) is 3.29. The fraction of sp³-hybridized carbons (Fsp3) is 0. The first-order chi connectivity index (χ1) is 8.90. The van der Waals surface area contributed by atoms with Gasteiger partial charge in [0, 0.05) is 11.8 Å². The molecule has 0 aliphatic rings. The molecule has 4 heterocycles. The number of tetrazole rings is 1. The highest BCUT2D eigenvalue weighted by Crippen LogP contribution is 2.18. The van der Waals surface area contributed by atoms with Crippen LogP contribution in [0.4, 0.5) is 0 Å². The Kier molecular flexibility index (Phi) is 1.68. The molecule has 0 atom stereocenters. The molecule has 0 radical (unpaired) electrons. The van der Waals surface area contributed by atoms with Crippen molar-refractivity contribution in [2.75, 3.05) is 0 Å². The average molecular weight is 238 g/mol. The molecule has 0 spiro atoms. The molecule has 4 rings (SSSR count). The van der Waals surface area contributed by atoms with Gasteiger partial charge in [0.1, 0.15) is 0 Å². The van der Waals surface area contributed by atoms with Crippen LogP contribution in [-0.4, -0.2) is 40.1 Å². The number of rotatable bonds is 1. The summed E-state index contributed by atoms with van der Waals surface area (Å²) in [4.78, 5) is 0. The maximum Gasteiger partial charge on any atom is 0.179 e. The minimum atomic E-state index is 0.697. The van der Waals surface area contributed by atoms with E-state index in [0.29, 0.717) is 5.65 Å². The van der Waals surface area contributed by atoms with Gasteiger partial charge in [-0.25, -0.2) is 4.52 Å². The van der Waals surface area contributed by atoms with E-state index >= 15 is 0 Å². The van der Waals surface area contributed by atoms with Crippen molar-refractivity contribution < 1.29 is 0 Å². The topological polar surface area (TPSA) is 86.2 Å². The molecule has 4 aromatic rings. The molecule has 0 saturated carbocycles. The number of hydrogen-bond acceptors (Lipinski definition) is 6. The third kappa shape index (κ3) is 1.25. The van der Waals surface area contributed by atoms with E-state index in [0.717, 1.165) is 16.8 Å². The average Bonchev–Trinajstić information content (AvgIpc) is 3.04. The number of nitrogens with zero attached hydrogens (tertiary/aromatic N) is 8. The predicted octanol–water partition coefficient (Wildman–Crippen LogP) is 0.229. The third-order valence-electron chi connectivity index (χ3n) is 2.65. The zero-order chi connectivity index (χ0) is 11.9. The summed E-state index contributed by atoms with van der Waals surface area (Å²) in [7, 11) is 0. The number of hydrogen-bond donors (Lipinski definition) is 0. The first-order valence-electron chi connectivity index (χ1n) is 5.26. The number of aromatic nitrogens is 8.